The third-order valence-corrected chi connectivity index (χ3v) is 4.21. The van der Waals surface area contributed by atoms with Crippen LogP contribution in [-0.4, -0.2) is 19.2 Å². The lowest BCUT2D eigenvalue weighted by molar-refractivity contribution is 0.0421. The molecule has 1 aromatic carbocycles. The van der Waals surface area contributed by atoms with Gasteiger partial charge in [0.25, 0.3) is 0 Å². The first kappa shape index (κ1) is 9.95. The van der Waals surface area contributed by atoms with E-state index in [0.717, 1.165) is 31.7 Å². The van der Waals surface area contributed by atoms with Crippen LogP contribution in [0.15, 0.2) is 24.3 Å². The molecule has 1 saturated heterocycles. The third-order valence-electron chi connectivity index (χ3n) is 4.21. The van der Waals surface area contributed by atoms with Crippen molar-refractivity contribution in [1.29, 1.82) is 0 Å². The Hall–Kier alpha value is -1.02. The lowest BCUT2D eigenvalue weighted by Gasteiger charge is -2.47. The van der Waals surface area contributed by atoms with Crippen LogP contribution in [0.4, 0.5) is 0 Å². The monoisotopic (exact) mass is 232 g/mol. The van der Waals surface area contributed by atoms with Gasteiger partial charge in [0.1, 0.15) is 7.16 Å². The fraction of sp³-hybridized carbons (Fsp3) is 0.600. The fourth-order valence-electron chi connectivity index (χ4n) is 2.88. The highest BCUT2D eigenvalue weighted by Crippen LogP contribution is 2.40. The predicted octanol–water partition coefficient (Wildman–Crippen LogP) is 2.91. The minimum Gasteiger partial charge on any atom is -0.490 e. The van der Waals surface area contributed by atoms with E-state index in [2.05, 4.69) is 31.2 Å². The van der Waals surface area contributed by atoms with Gasteiger partial charge in [-0.25, -0.2) is 0 Å². The zero-order chi connectivity index (χ0) is 12.6. The van der Waals surface area contributed by atoms with Gasteiger partial charge in [0, 0.05) is 13.1 Å². The van der Waals surface area contributed by atoms with E-state index in [9.17, 15) is 0 Å². The quantitative estimate of drug-likeness (QED) is 0.846. The van der Waals surface area contributed by atoms with Crippen LogP contribution in [0.25, 0.3) is 0 Å². The summed E-state index contributed by atoms with van der Waals surface area (Å²) in [4.78, 5) is 0. The maximum absolute atomic E-state index is 7.53. The maximum Gasteiger partial charge on any atom is 0.122 e. The van der Waals surface area contributed by atoms with Crippen molar-refractivity contribution in [3.8, 4) is 5.75 Å². The second-order valence-electron chi connectivity index (χ2n) is 5.67. The summed E-state index contributed by atoms with van der Waals surface area (Å²) in [6, 6.07) is 8.33. The molecule has 1 saturated carbocycles. The highest BCUT2D eigenvalue weighted by molar-refractivity contribution is 5.26. The van der Waals surface area contributed by atoms with Crippen molar-refractivity contribution >= 4 is 0 Å². The van der Waals surface area contributed by atoms with E-state index in [1.54, 1.807) is 5.31 Å². The first-order valence-electron chi connectivity index (χ1n) is 7.07. The molecule has 0 bridgehead atoms. The Morgan fingerprint density at radius 1 is 1.24 bits per heavy atom. The van der Waals surface area contributed by atoms with E-state index in [4.69, 9.17) is 6.15 Å². The van der Waals surface area contributed by atoms with Crippen LogP contribution < -0.4 is 10.0 Å². The van der Waals surface area contributed by atoms with E-state index in [0.29, 0.717) is 11.5 Å². The van der Waals surface area contributed by atoms with Crippen molar-refractivity contribution in [1.82, 2.24) is 5.31 Å². The number of rotatable bonds is 2. The van der Waals surface area contributed by atoms with Gasteiger partial charge < -0.3 is 10.0 Å². The topological polar surface area (TPSA) is 21.3 Å². The normalized spacial score (nSPS) is 25.4. The number of hydrogen-bond acceptors (Lipinski definition) is 2. The Labute approximate surface area is 105 Å². The molecule has 1 aliphatic heterocycles. The summed E-state index contributed by atoms with van der Waals surface area (Å²) in [5.41, 5.74) is 1.73. The highest BCUT2D eigenvalue weighted by atomic mass is 16.5. The molecule has 0 radical (unpaired) electrons. The molecular weight excluding hydrogens is 210 g/mol. The summed E-state index contributed by atoms with van der Waals surface area (Å²) < 4.78 is 13.6. The highest BCUT2D eigenvalue weighted by Gasteiger charge is 2.40. The third kappa shape index (κ3) is 2.32. The molecule has 1 aliphatic carbocycles. The second-order valence-corrected chi connectivity index (χ2v) is 5.67. The molecule has 2 nitrogen and oxygen atoms in total. The maximum atomic E-state index is 7.53. The summed E-state index contributed by atoms with van der Waals surface area (Å²) in [5.74, 6) is 0.997. The first-order valence-corrected chi connectivity index (χ1v) is 6.62. The van der Waals surface area contributed by atoms with E-state index in [1.165, 1.54) is 18.4 Å². The lowest BCUT2D eigenvalue weighted by Crippen LogP contribution is -2.55. The van der Waals surface area contributed by atoms with E-state index in [-0.39, 0.29) is 0 Å². The van der Waals surface area contributed by atoms with Crippen LogP contribution in [0.1, 0.15) is 31.2 Å². The fourth-order valence-corrected chi connectivity index (χ4v) is 2.88. The van der Waals surface area contributed by atoms with Gasteiger partial charge in [-0.05, 0) is 50.2 Å². The van der Waals surface area contributed by atoms with E-state index >= 15 is 0 Å². The molecule has 0 amide bonds. The summed E-state index contributed by atoms with van der Waals surface area (Å²) in [6.45, 7) is 4.02. The standard InChI is InChI=1S/C15H21NO/c1-12-2-4-13(5-3-12)17-14-6-8-15(9-7-14)10-16-11-15/h2-5,14,16H,6-11H2,1H3/i/hD. The summed E-state index contributed by atoms with van der Waals surface area (Å²) in [6.07, 6.45) is 5.10. The Balaban J connectivity index is 1.52. The molecule has 0 aromatic heterocycles. The van der Waals surface area contributed by atoms with Crippen molar-refractivity contribution in [3.63, 3.8) is 0 Å². The van der Waals surface area contributed by atoms with Gasteiger partial charge in [0.2, 0.25) is 0 Å². The number of ether oxygens (including phenoxy) is 1. The van der Waals surface area contributed by atoms with Crippen LogP contribution in [0, 0.1) is 12.3 Å². The molecule has 1 spiro atoms. The molecular formula is C15H21NO. The summed E-state index contributed by atoms with van der Waals surface area (Å²) in [5, 5.41) is 1.68. The lowest BCUT2D eigenvalue weighted by atomic mass is 9.69. The summed E-state index contributed by atoms with van der Waals surface area (Å²) in [7, 11) is 0. The average molecular weight is 232 g/mol. The Kier molecular flexibility index (Phi) is 2.54. The summed E-state index contributed by atoms with van der Waals surface area (Å²) >= 11 is 0. The Morgan fingerprint density at radius 2 is 1.88 bits per heavy atom. The zero-order valence-electron chi connectivity index (χ0n) is 11.5. The van der Waals surface area contributed by atoms with Gasteiger partial charge in [-0.2, -0.15) is 0 Å². The van der Waals surface area contributed by atoms with Crippen LogP contribution in [-0.2, 0) is 0 Å². The largest absolute Gasteiger partial charge is 0.490 e. The Morgan fingerprint density at radius 3 is 2.47 bits per heavy atom. The molecule has 1 aromatic rings. The molecule has 17 heavy (non-hydrogen) atoms. The van der Waals surface area contributed by atoms with Crippen molar-refractivity contribution in [3.05, 3.63) is 29.8 Å². The zero-order valence-corrected chi connectivity index (χ0v) is 10.5. The molecule has 0 unspecified atom stereocenters. The van der Waals surface area contributed by atoms with E-state index < -0.39 is 0 Å². The molecule has 2 fully saturated rings. The molecule has 0 atom stereocenters. The minimum atomic E-state index is 0.373. The van der Waals surface area contributed by atoms with Crippen molar-refractivity contribution < 1.29 is 6.15 Å². The van der Waals surface area contributed by atoms with Crippen LogP contribution in [0.2, 0.25) is 1.41 Å². The van der Waals surface area contributed by atoms with E-state index in [1.807, 2.05) is 0 Å². The van der Waals surface area contributed by atoms with Gasteiger partial charge >= 0.3 is 0 Å². The van der Waals surface area contributed by atoms with Gasteiger partial charge in [-0.3, -0.25) is 0 Å². The first-order chi connectivity index (χ1) is 8.65. The van der Waals surface area contributed by atoms with Crippen molar-refractivity contribution in [2.24, 2.45) is 5.41 Å². The van der Waals surface area contributed by atoms with Gasteiger partial charge in [-0.15, -0.1) is 0 Å². The van der Waals surface area contributed by atoms with Crippen LogP contribution in [0.3, 0.4) is 0 Å². The average Bonchev–Trinajstić information content (AvgIpc) is 2.33. The Bertz CT molecular complexity index is 401. The van der Waals surface area contributed by atoms with Gasteiger partial charge in [0.15, 0.2) is 0 Å². The van der Waals surface area contributed by atoms with Crippen molar-refractivity contribution in [2.45, 2.75) is 38.7 Å². The molecule has 2 heteroatoms. The van der Waals surface area contributed by atoms with Crippen molar-refractivity contribution in [2.75, 3.05) is 13.1 Å². The molecule has 1 heterocycles. The number of aryl methyl sites for hydroxylation is 1. The smallest absolute Gasteiger partial charge is 0.122 e. The number of hydrogen-bond donors (Lipinski definition) is 1. The molecule has 2 aliphatic rings. The van der Waals surface area contributed by atoms with Crippen LogP contribution in [0.5, 0.6) is 5.75 Å². The second kappa shape index (κ2) is 4.34. The van der Waals surface area contributed by atoms with Crippen LogP contribution >= 0.6 is 0 Å². The van der Waals surface area contributed by atoms with Gasteiger partial charge in [-0.1, -0.05) is 17.7 Å². The molecule has 3 rings (SSSR count). The molecule has 92 valence electrons. The molecule has 1 N–H and O–H groups in total. The predicted molar refractivity (Wildman–Crippen MR) is 69.4 cm³/mol. The van der Waals surface area contributed by atoms with Gasteiger partial charge in [0.05, 0.1) is 6.10 Å². The number of nitrogens with one attached hydrogen (secondary N) is 1. The SMILES string of the molecule is [2H]N1CC2(CCC(Oc3ccc(C)cc3)CC2)C1. The number of benzene rings is 1. The minimum absolute atomic E-state index is 0.373.